The van der Waals surface area contributed by atoms with Crippen LogP contribution in [-0.2, 0) is 0 Å². The molecular formula is C13H10Cl2N4O2. The summed E-state index contributed by atoms with van der Waals surface area (Å²) in [6.07, 6.45) is 0.832. The summed E-state index contributed by atoms with van der Waals surface area (Å²) in [4.78, 5) is 13.4. The van der Waals surface area contributed by atoms with Crippen LogP contribution in [0.1, 0.15) is 5.56 Å². The quantitative estimate of drug-likeness (QED) is 0.484. The van der Waals surface area contributed by atoms with Gasteiger partial charge < -0.3 is 5.41 Å². The molecule has 6 nitrogen and oxygen atoms in total. The van der Waals surface area contributed by atoms with Crippen molar-refractivity contribution in [1.29, 1.82) is 0 Å². The van der Waals surface area contributed by atoms with Crippen molar-refractivity contribution in [3.8, 4) is 0 Å². The average molecular weight is 325 g/mol. The van der Waals surface area contributed by atoms with Crippen LogP contribution in [0.2, 0.25) is 10.0 Å². The highest BCUT2D eigenvalue weighted by Gasteiger charge is 2.39. The van der Waals surface area contributed by atoms with E-state index in [1.54, 1.807) is 36.7 Å². The Labute approximate surface area is 129 Å². The van der Waals surface area contributed by atoms with Gasteiger partial charge in [-0.3, -0.25) is 4.52 Å². The highest BCUT2D eigenvalue weighted by Crippen LogP contribution is 2.29. The van der Waals surface area contributed by atoms with Gasteiger partial charge in [-0.1, -0.05) is 23.2 Å². The van der Waals surface area contributed by atoms with Crippen LogP contribution in [0, 0.1) is 6.92 Å². The zero-order chi connectivity index (χ0) is 15.3. The minimum Gasteiger partial charge on any atom is -0.437 e. The van der Waals surface area contributed by atoms with Gasteiger partial charge in [0.15, 0.2) is 0 Å². The molecule has 2 heterocycles. The molecule has 108 valence electrons. The Morgan fingerprint density at radius 2 is 2.10 bits per heavy atom. The van der Waals surface area contributed by atoms with Crippen LogP contribution in [0.25, 0.3) is 5.41 Å². The van der Waals surface area contributed by atoms with Gasteiger partial charge in [-0.05, 0) is 29.9 Å². The molecule has 1 aromatic heterocycles. The Hall–Kier alpha value is -2.05. The lowest BCUT2D eigenvalue weighted by Gasteiger charge is -2.15. The first-order valence-corrected chi connectivity index (χ1v) is 6.77. The number of hydrogen-bond acceptors (Lipinski definition) is 2. The van der Waals surface area contributed by atoms with Crippen molar-refractivity contribution < 1.29 is 9.10 Å². The van der Waals surface area contributed by atoms with Crippen molar-refractivity contribution in [1.82, 2.24) is 4.74 Å². The van der Waals surface area contributed by atoms with Gasteiger partial charge in [-0.15, -0.1) is 0 Å². The predicted octanol–water partition coefficient (Wildman–Crippen LogP) is 2.65. The molecule has 2 aromatic rings. The van der Waals surface area contributed by atoms with E-state index in [-0.39, 0.29) is 5.56 Å². The molecule has 0 N–H and O–H groups in total. The topological polar surface area (TPSA) is 63.7 Å². The third-order valence-electron chi connectivity index (χ3n) is 3.30. The molecular weight excluding hydrogens is 315 g/mol. The van der Waals surface area contributed by atoms with Gasteiger partial charge in [0.2, 0.25) is 0 Å². The fourth-order valence-corrected chi connectivity index (χ4v) is 2.53. The van der Waals surface area contributed by atoms with Crippen LogP contribution >= 0.6 is 23.2 Å². The molecule has 1 aliphatic rings. The van der Waals surface area contributed by atoms with Crippen LogP contribution in [0.3, 0.4) is 0 Å². The Balaban J connectivity index is 2.15. The van der Waals surface area contributed by atoms with Gasteiger partial charge in [0.05, 0.1) is 23.4 Å². The van der Waals surface area contributed by atoms with Crippen molar-refractivity contribution in [3.05, 3.63) is 49.6 Å². The molecule has 0 radical (unpaired) electrons. The standard InChI is InChI=1S/C13H10Cl2N4O2/c1-7-11(20)19-13(17(2)12(7)21-19)18(6-16)8-3-4-9(14)10(15)5-8/h3-6H,1-2H3. The van der Waals surface area contributed by atoms with E-state index in [4.69, 9.17) is 27.7 Å². The number of nitrogens with zero attached hydrogens (tertiary/aromatic N) is 4. The molecule has 0 amide bonds. The second-order valence-electron chi connectivity index (χ2n) is 4.56. The minimum absolute atomic E-state index is 0.273. The predicted molar refractivity (Wildman–Crippen MR) is 82.3 cm³/mol. The molecule has 0 saturated carbocycles. The molecule has 8 heteroatoms. The first-order valence-electron chi connectivity index (χ1n) is 6.01. The average Bonchev–Trinajstić information content (AvgIpc) is 2.93. The van der Waals surface area contributed by atoms with Crippen LogP contribution in [0.15, 0.2) is 27.5 Å². The molecule has 2 bridgehead atoms. The summed E-state index contributed by atoms with van der Waals surface area (Å²) < 4.78 is 8.17. The van der Waals surface area contributed by atoms with Gasteiger partial charge >= 0.3 is 17.4 Å². The lowest BCUT2D eigenvalue weighted by Crippen LogP contribution is -2.43. The van der Waals surface area contributed by atoms with Crippen LogP contribution in [-0.4, -0.2) is 28.7 Å². The molecule has 21 heavy (non-hydrogen) atoms. The lowest BCUT2D eigenvalue weighted by molar-refractivity contribution is -0.415. The van der Waals surface area contributed by atoms with Crippen molar-refractivity contribution in [3.63, 3.8) is 0 Å². The molecule has 0 fully saturated rings. The van der Waals surface area contributed by atoms with E-state index < -0.39 is 0 Å². The largest absolute Gasteiger partial charge is 0.437 e. The second-order valence-corrected chi connectivity index (χ2v) is 5.38. The van der Waals surface area contributed by atoms with Crippen molar-refractivity contribution in [2.75, 3.05) is 11.9 Å². The van der Waals surface area contributed by atoms with Gasteiger partial charge in [0, 0.05) is 0 Å². The monoisotopic (exact) mass is 324 g/mol. The number of anilines is 1. The third kappa shape index (κ3) is 1.91. The van der Waals surface area contributed by atoms with E-state index in [0.29, 0.717) is 33.1 Å². The van der Waals surface area contributed by atoms with Crippen LogP contribution in [0.4, 0.5) is 11.6 Å². The van der Waals surface area contributed by atoms with Gasteiger partial charge in [-0.25, -0.2) is 9.69 Å². The van der Waals surface area contributed by atoms with E-state index in [2.05, 4.69) is 0 Å². The van der Waals surface area contributed by atoms with E-state index >= 15 is 0 Å². The summed E-state index contributed by atoms with van der Waals surface area (Å²) in [5.41, 5.74) is 0.772. The summed E-state index contributed by atoms with van der Waals surface area (Å²) >= 11 is 11.9. The molecule has 0 saturated heterocycles. The zero-order valence-corrected chi connectivity index (χ0v) is 12.7. The Morgan fingerprint density at radius 1 is 1.38 bits per heavy atom. The normalized spacial score (nSPS) is 13.0. The molecule has 3 rings (SSSR count). The third-order valence-corrected chi connectivity index (χ3v) is 4.04. The Bertz CT molecular complexity index is 850. The van der Waals surface area contributed by atoms with E-state index in [1.165, 1.54) is 4.90 Å². The van der Waals surface area contributed by atoms with E-state index in [0.717, 1.165) is 11.1 Å². The second kappa shape index (κ2) is 4.75. The Kier molecular flexibility index (Phi) is 3.15. The van der Waals surface area contributed by atoms with Crippen molar-refractivity contribution >= 4 is 47.1 Å². The summed E-state index contributed by atoms with van der Waals surface area (Å²) in [6, 6.07) is 4.85. The molecule has 1 aromatic carbocycles. The maximum absolute atomic E-state index is 12.0. The number of aromatic nitrogens is 1. The summed E-state index contributed by atoms with van der Waals surface area (Å²) in [6.45, 7) is 1.68. The van der Waals surface area contributed by atoms with E-state index in [1.807, 2.05) is 0 Å². The lowest BCUT2D eigenvalue weighted by atomic mass is 10.3. The Morgan fingerprint density at radius 3 is 2.67 bits per heavy atom. The summed E-state index contributed by atoms with van der Waals surface area (Å²) in [5.74, 6) is 0.781. The maximum Gasteiger partial charge on any atom is 0.412 e. The summed E-state index contributed by atoms with van der Waals surface area (Å²) in [7, 11) is 1.73. The molecule has 0 atom stereocenters. The van der Waals surface area contributed by atoms with Crippen LogP contribution in [0.5, 0.6) is 0 Å². The number of halogens is 2. The first kappa shape index (κ1) is 13.9. The van der Waals surface area contributed by atoms with Gasteiger partial charge in [0.1, 0.15) is 11.3 Å². The van der Waals surface area contributed by atoms with Crippen LogP contribution < -0.4 is 10.5 Å². The SMILES string of the molecule is Cc1c2on(c1=O)C(N(C=[N-])c1ccc(Cl)c(Cl)c1)=[N+]2C. The number of benzene rings is 1. The summed E-state index contributed by atoms with van der Waals surface area (Å²) in [5, 5.41) is 10.3. The molecule has 0 unspecified atom stereocenters. The number of fused-ring (bicyclic) bond motifs is 2. The molecule has 0 aliphatic carbocycles. The van der Waals surface area contributed by atoms with E-state index in [9.17, 15) is 10.2 Å². The highest BCUT2D eigenvalue weighted by molar-refractivity contribution is 6.42. The number of rotatable bonds is 2. The first-order chi connectivity index (χ1) is 9.95. The van der Waals surface area contributed by atoms with Crippen molar-refractivity contribution in [2.45, 2.75) is 6.92 Å². The zero-order valence-electron chi connectivity index (χ0n) is 11.2. The fraction of sp³-hybridized carbons (Fsp3) is 0.154. The minimum atomic E-state index is -0.273. The fourth-order valence-electron chi connectivity index (χ4n) is 2.24. The maximum atomic E-state index is 12.0. The highest BCUT2D eigenvalue weighted by atomic mass is 35.5. The van der Waals surface area contributed by atoms with Gasteiger partial charge in [-0.2, -0.15) is 4.58 Å². The van der Waals surface area contributed by atoms with Crippen molar-refractivity contribution in [2.24, 2.45) is 0 Å². The number of hydrogen-bond donors (Lipinski definition) is 0. The molecule has 0 spiro atoms. The van der Waals surface area contributed by atoms with Gasteiger partial charge in [0.25, 0.3) is 0 Å². The molecule has 1 aliphatic heterocycles. The smallest absolute Gasteiger partial charge is 0.412 e.